The summed E-state index contributed by atoms with van der Waals surface area (Å²) in [6.07, 6.45) is 7.27. The number of fused-ring (bicyclic) bond motifs is 3. The number of carboxylic acid groups (broad SMARTS) is 1. The van der Waals surface area contributed by atoms with Crippen LogP contribution in [0.2, 0.25) is 0 Å². The van der Waals surface area contributed by atoms with E-state index in [2.05, 4.69) is 6.92 Å². The lowest BCUT2D eigenvalue weighted by Crippen LogP contribution is -2.58. The molecule has 1 aliphatic carbocycles. The summed E-state index contributed by atoms with van der Waals surface area (Å²) in [4.78, 5) is 12.0. The monoisotopic (exact) mass is 373 g/mol. The van der Waals surface area contributed by atoms with Gasteiger partial charge in [-0.2, -0.15) is 0 Å². The Balaban J connectivity index is 2.23. The van der Waals surface area contributed by atoms with Gasteiger partial charge in [-0.05, 0) is 58.1 Å². The number of aromatic carboxylic acids is 1. The van der Waals surface area contributed by atoms with Gasteiger partial charge in [0.05, 0.1) is 11.1 Å². The number of hydrogen-bond donors (Lipinski definition) is 3. The van der Waals surface area contributed by atoms with E-state index >= 15 is 0 Å². The lowest BCUT2D eigenvalue weighted by Gasteiger charge is -2.52. The summed E-state index contributed by atoms with van der Waals surface area (Å²) in [6.45, 7) is 8.18. The average Bonchev–Trinajstić information content (AvgIpc) is 2.52. The maximum absolute atomic E-state index is 12.0. The first-order valence-corrected chi connectivity index (χ1v) is 9.90. The molecule has 0 spiro atoms. The summed E-state index contributed by atoms with van der Waals surface area (Å²) in [5, 5.41) is 20.8. The molecule has 2 atom stereocenters. The van der Waals surface area contributed by atoms with Gasteiger partial charge in [-0.1, -0.05) is 31.4 Å². The van der Waals surface area contributed by atoms with E-state index in [0.717, 1.165) is 37.7 Å². The minimum atomic E-state index is -1.12. The van der Waals surface area contributed by atoms with Crippen LogP contribution in [0.15, 0.2) is 17.7 Å². The number of phenols is 1. The minimum absolute atomic E-state index is 0.0339. The maximum atomic E-state index is 12.0. The lowest BCUT2D eigenvalue weighted by atomic mass is 9.63. The Bertz CT molecular complexity index is 796. The second-order valence-corrected chi connectivity index (χ2v) is 8.62. The van der Waals surface area contributed by atoms with Gasteiger partial charge in [0.15, 0.2) is 0 Å². The normalized spacial score (nSPS) is 25.8. The summed E-state index contributed by atoms with van der Waals surface area (Å²) >= 11 is 0. The van der Waals surface area contributed by atoms with Crippen LogP contribution in [0, 0.1) is 5.92 Å². The van der Waals surface area contributed by atoms with Crippen molar-refractivity contribution in [2.24, 2.45) is 11.7 Å². The molecule has 0 unspecified atom stereocenters. The first-order valence-electron chi connectivity index (χ1n) is 9.90. The number of aromatic hydroxyl groups is 1. The van der Waals surface area contributed by atoms with Crippen LogP contribution in [0.1, 0.15) is 81.3 Å². The first-order chi connectivity index (χ1) is 12.6. The van der Waals surface area contributed by atoms with Gasteiger partial charge in [0.2, 0.25) is 0 Å². The number of ether oxygens (including phenoxy) is 1. The number of benzene rings is 1. The molecule has 1 aliphatic heterocycles. The van der Waals surface area contributed by atoms with E-state index in [-0.39, 0.29) is 17.2 Å². The molecule has 27 heavy (non-hydrogen) atoms. The molecule has 0 amide bonds. The van der Waals surface area contributed by atoms with Gasteiger partial charge in [-0.3, -0.25) is 0 Å². The molecule has 0 aromatic heterocycles. The molecule has 0 bridgehead atoms. The van der Waals surface area contributed by atoms with Crippen molar-refractivity contribution in [3.05, 3.63) is 34.4 Å². The summed E-state index contributed by atoms with van der Waals surface area (Å²) in [7, 11) is 0. The SMILES string of the molecule is CCCCCc1cc2c(c(O)c1C(=O)O)[C@]1(N)C=C(C)CC[C@H]1C(C)(C)O2. The molecule has 2 aliphatic rings. The molecule has 0 radical (unpaired) electrons. The Morgan fingerprint density at radius 3 is 2.70 bits per heavy atom. The van der Waals surface area contributed by atoms with Crippen LogP contribution in [0.25, 0.3) is 0 Å². The highest BCUT2D eigenvalue weighted by atomic mass is 16.5. The molecule has 5 nitrogen and oxygen atoms in total. The third kappa shape index (κ3) is 3.22. The number of aryl methyl sites for hydroxylation is 1. The zero-order chi connectivity index (χ0) is 20.0. The molecule has 0 saturated heterocycles. The van der Waals surface area contributed by atoms with Crippen LogP contribution in [0.4, 0.5) is 0 Å². The zero-order valence-electron chi connectivity index (χ0n) is 16.8. The second-order valence-electron chi connectivity index (χ2n) is 8.62. The Kier molecular flexibility index (Phi) is 5.02. The van der Waals surface area contributed by atoms with Gasteiger partial charge in [0, 0.05) is 5.92 Å². The number of allylic oxidation sites excluding steroid dienone is 1. The number of nitrogens with two attached hydrogens (primary N) is 1. The van der Waals surface area contributed by atoms with E-state index in [1.807, 2.05) is 26.8 Å². The average molecular weight is 373 g/mol. The highest BCUT2D eigenvalue weighted by Gasteiger charge is 2.53. The van der Waals surface area contributed by atoms with Crippen molar-refractivity contribution in [2.45, 2.75) is 77.4 Å². The van der Waals surface area contributed by atoms with Gasteiger partial charge < -0.3 is 20.7 Å². The van der Waals surface area contributed by atoms with Gasteiger partial charge in [-0.15, -0.1) is 0 Å². The Morgan fingerprint density at radius 2 is 2.07 bits per heavy atom. The van der Waals surface area contributed by atoms with Crippen molar-refractivity contribution >= 4 is 5.97 Å². The smallest absolute Gasteiger partial charge is 0.339 e. The van der Waals surface area contributed by atoms with Gasteiger partial charge in [0.25, 0.3) is 0 Å². The fraction of sp³-hybridized carbons (Fsp3) is 0.591. The molecule has 5 heteroatoms. The van der Waals surface area contributed by atoms with Crippen LogP contribution in [-0.4, -0.2) is 21.8 Å². The van der Waals surface area contributed by atoms with Crippen LogP contribution in [-0.2, 0) is 12.0 Å². The standard InChI is InChI=1S/C22H31NO4/c1-5-6-7-8-14-11-15-18(19(24)17(14)20(25)26)22(23)12-13(2)9-10-16(22)21(3,4)27-15/h11-12,16,24H,5-10,23H2,1-4H3,(H,25,26)/t16-,22-/m0/s1. The molecular weight excluding hydrogens is 342 g/mol. The zero-order valence-corrected chi connectivity index (χ0v) is 16.8. The van der Waals surface area contributed by atoms with Crippen molar-refractivity contribution in [2.75, 3.05) is 0 Å². The fourth-order valence-electron chi connectivity index (χ4n) is 4.91. The van der Waals surface area contributed by atoms with Crippen molar-refractivity contribution in [1.29, 1.82) is 0 Å². The Labute approximate surface area is 161 Å². The highest BCUT2D eigenvalue weighted by molar-refractivity contribution is 5.94. The molecule has 3 rings (SSSR count). The molecule has 1 heterocycles. The van der Waals surface area contributed by atoms with Crippen LogP contribution in [0.5, 0.6) is 11.5 Å². The van der Waals surface area contributed by atoms with E-state index in [1.54, 1.807) is 6.07 Å². The number of rotatable bonds is 5. The number of carbonyl (C=O) groups is 1. The number of unbranched alkanes of at least 4 members (excludes halogenated alkanes) is 2. The van der Waals surface area contributed by atoms with Crippen molar-refractivity contribution in [3.63, 3.8) is 0 Å². The van der Waals surface area contributed by atoms with Gasteiger partial charge >= 0.3 is 5.97 Å². The third-order valence-corrected chi connectivity index (χ3v) is 6.14. The van der Waals surface area contributed by atoms with Gasteiger partial charge in [0.1, 0.15) is 22.7 Å². The highest BCUT2D eigenvalue weighted by Crippen LogP contribution is 2.55. The molecule has 148 valence electrons. The van der Waals surface area contributed by atoms with Crippen LogP contribution >= 0.6 is 0 Å². The quantitative estimate of drug-likeness (QED) is 0.522. The van der Waals surface area contributed by atoms with E-state index < -0.39 is 17.1 Å². The second kappa shape index (κ2) is 6.86. The maximum Gasteiger partial charge on any atom is 0.339 e. The van der Waals surface area contributed by atoms with Crippen molar-refractivity contribution in [3.8, 4) is 11.5 Å². The largest absolute Gasteiger partial charge is 0.507 e. The topological polar surface area (TPSA) is 92.8 Å². The summed E-state index contributed by atoms with van der Waals surface area (Å²) in [6, 6.07) is 1.79. The predicted molar refractivity (Wildman–Crippen MR) is 105 cm³/mol. The molecule has 4 N–H and O–H groups in total. The molecule has 1 aromatic carbocycles. The van der Waals surface area contributed by atoms with E-state index in [0.29, 0.717) is 23.3 Å². The summed E-state index contributed by atoms with van der Waals surface area (Å²) in [5.41, 5.74) is 7.59. The predicted octanol–water partition coefficient (Wildman–Crippen LogP) is 4.50. The Morgan fingerprint density at radius 1 is 1.37 bits per heavy atom. The molecule has 0 saturated carbocycles. The van der Waals surface area contributed by atoms with Gasteiger partial charge in [-0.25, -0.2) is 4.79 Å². The summed E-state index contributed by atoms with van der Waals surface area (Å²) in [5.74, 6) is -0.887. The number of carboxylic acids is 1. The lowest BCUT2D eigenvalue weighted by molar-refractivity contribution is -0.0180. The molecular formula is C22H31NO4. The molecule has 1 aromatic rings. The van der Waals surface area contributed by atoms with E-state index in [9.17, 15) is 15.0 Å². The third-order valence-electron chi connectivity index (χ3n) is 6.14. The summed E-state index contributed by atoms with van der Waals surface area (Å²) < 4.78 is 6.29. The van der Waals surface area contributed by atoms with Crippen molar-refractivity contribution < 1.29 is 19.7 Å². The Hall–Kier alpha value is -2.01. The number of hydrogen-bond acceptors (Lipinski definition) is 4. The molecule has 0 fully saturated rings. The first kappa shape index (κ1) is 19.7. The van der Waals surface area contributed by atoms with E-state index in [4.69, 9.17) is 10.5 Å². The van der Waals surface area contributed by atoms with E-state index in [1.165, 1.54) is 0 Å². The van der Waals surface area contributed by atoms with Crippen molar-refractivity contribution in [1.82, 2.24) is 0 Å². The fourth-order valence-corrected chi connectivity index (χ4v) is 4.91. The minimum Gasteiger partial charge on any atom is -0.507 e. The van der Waals surface area contributed by atoms with Crippen LogP contribution in [0.3, 0.4) is 0 Å². The van der Waals surface area contributed by atoms with Crippen LogP contribution < -0.4 is 10.5 Å².